The lowest BCUT2D eigenvalue weighted by Gasteiger charge is -2.39. The molecule has 2 heterocycles. The second-order valence-electron chi connectivity index (χ2n) is 12.3. The van der Waals surface area contributed by atoms with Crippen molar-refractivity contribution in [1.82, 2.24) is 9.97 Å². The fraction of sp³-hybridized carbons (Fsp3) is 0.414. The molecule has 38 heavy (non-hydrogen) atoms. The Labute approximate surface area is 227 Å². The van der Waals surface area contributed by atoms with Crippen LogP contribution in [-0.4, -0.2) is 44.8 Å². The van der Waals surface area contributed by atoms with Gasteiger partial charge in [0.15, 0.2) is 8.32 Å². The monoisotopic (exact) mass is 547 g/mol. The normalized spacial score (nSPS) is 17.4. The molecule has 0 unspecified atom stereocenters. The molecule has 0 aliphatic carbocycles. The third-order valence-corrected chi connectivity index (χ3v) is 13.8. The van der Waals surface area contributed by atoms with E-state index in [2.05, 4.69) is 68.5 Å². The number of nitrogens with zero attached hydrogens (tertiary/aromatic N) is 3. The molecule has 1 aliphatic heterocycles. The van der Waals surface area contributed by atoms with Crippen molar-refractivity contribution in [2.75, 3.05) is 37.1 Å². The summed E-state index contributed by atoms with van der Waals surface area (Å²) in [6, 6.07) is 15.7. The molecule has 1 atom stereocenters. The Balaban J connectivity index is 1.69. The molecule has 4 rings (SSSR count). The van der Waals surface area contributed by atoms with Gasteiger partial charge >= 0.3 is 0 Å². The van der Waals surface area contributed by atoms with Crippen LogP contribution in [0.2, 0.25) is 18.1 Å². The first-order valence-electron chi connectivity index (χ1n) is 12.9. The standard InChI is InChI=1S/C29H38N5O2PSi/c1-28(2,3)38(7,8)36-19-29(4)18-32-26-21(17-30)15-20(16-22(26)29)23-13-14-31-27(33-23)34-24-11-9-10-12-25(24)37(5,6)35/h9-16,32H,18-19H2,1-8H3,(H,31,33,34)/t29-/m1/s1. The van der Waals surface area contributed by atoms with Gasteiger partial charge in [-0.1, -0.05) is 39.8 Å². The molecule has 200 valence electrons. The van der Waals surface area contributed by atoms with Crippen LogP contribution in [0.4, 0.5) is 17.3 Å². The van der Waals surface area contributed by atoms with E-state index in [-0.39, 0.29) is 10.5 Å². The molecule has 3 aromatic rings. The maximum Gasteiger partial charge on any atom is 0.227 e. The van der Waals surface area contributed by atoms with Gasteiger partial charge in [-0.05, 0) is 67.4 Å². The van der Waals surface area contributed by atoms with Crippen molar-refractivity contribution in [3.63, 3.8) is 0 Å². The minimum Gasteiger partial charge on any atom is -0.416 e. The third-order valence-electron chi connectivity index (χ3n) is 7.80. The highest BCUT2D eigenvalue weighted by molar-refractivity contribution is 7.70. The summed E-state index contributed by atoms with van der Waals surface area (Å²) < 4.78 is 19.4. The van der Waals surface area contributed by atoms with Crippen molar-refractivity contribution in [1.29, 1.82) is 5.26 Å². The summed E-state index contributed by atoms with van der Waals surface area (Å²) >= 11 is 0. The number of fused-ring (bicyclic) bond motifs is 1. The smallest absolute Gasteiger partial charge is 0.227 e. The number of nitrogens with one attached hydrogen (secondary N) is 2. The first-order valence-corrected chi connectivity index (χ1v) is 18.4. The zero-order valence-electron chi connectivity index (χ0n) is 23.6. The van der Waals surface area contributed by atoms with E-state index in [1.807, 2.05) is 36.4 Å². The molecule has 0 radical (unpaired) electrons. The topological polar surface area (TPSA) is 99.9 Å². The van der Waals surface area contributed by atoms with Gasteiger partial charge in [0, 0.05) is 35.6 Å². The molecule has 0 saturated carbocycles. The Kier molecular flexibility index (Phi) is 7.35. The largest absolute Gasteiger partial charge is 0.416 e. The zero-order valence-corrected chi connectivity index (χ0v) is 25.5. The molecule has 0 fully saturated rings. The van der Waals surface area contributed by atoms with Gasteiger partial charge in [-0.3, -0.25) is 0 Å². The van der Waals surface area contributed by atoms with Crippen LogP contribution in [0, 0.1) is 11.3 Å². The molecule has 9 heteroatoms. The van der Waals surface area contributed by atoms with Crippen LogP contribution in [0.15, 0.2) is 48.7 Å². The minimum atomic E-state index is -2.50. The Morgan fingerprint density at radius 2 is 1.92 bits per heavy atom. The molecule has 1 aromatic heterocycles. The van der Waals surface area contributed by atoms with E-state index >= 15 is 0 Å². The van der Waals surface area contributed by atoms with E-state index in [1.165, 1.54) is 0 Å². The predicted octanol–water partition coefficient (Wildman–Crippen LogP) is 6.71. The molecule has 0 bridgehead atoms. The molecule has 2 N–H and O–H groups in total. The van der Waals surface area contributed by atoms with E-state index in [9.17, 15) is 9.83 Å². The van der Waals surface area contributed by atoms with E-state index in [0.29, 0.717) is 30.4 Å². The van der Waals surface area contributed by atoms with Crippen molar-refractivity contribution >= 4 is 38.1 Å². The van der Waals surface area contributed by atoms with Gasteiger partial charge in [0.25, 0.3) is 0 Å². The molecule has 2 aromatic carbocycles. The van der Waals surface area contributed by atoms with Crippen molar-refractivity contribution in [3.05, 3.63) is 59.8 Å². The number of anilines is 3. The van der Waals surface area contributed by atoms with E-state index in [4.69, 9.17) is 9.41 Å². The average molecular weight is 548 g/mol. The quantitative estimate of drug-likeness (QED) is 0.250. The van der Waals surface area contributed by atoms with Gasteiger partial charge in [-0.15, -0.1) is 0 Å². The lowest BCUT2D eigenvalue weighted by molar-refractivity contribution is 0.220. The van der Waals surface area contributed by atoms with Crippen LogP contribution < -0.4 is 15.9 Å². The maximum absolute atomic E-state index is 12.8. The van der Waals surface area contributed by atoms with Gasteiger partial charge in [-0.25, -0.2) is 9.97 Å². The molecule has 0 spiro atoms. The summed E-state index contributed by atoms with van der Waals surface area (Å²) in [5.74, 6) is 0.407. The van der Waals surface area contributed by atoms with Crippen LogP contribution in [0.1, 0.15) is 38.8 Å². The number of aromatic nitrogens is 2. The Hall–Kier alpha value is -2.98. The molecule has 0 saturated heterocycles. The average Bonchev–Trinajstić information content (AvgIpc) is 3.18. The molecular formula is C29H38N5O2PSi. The van der Waals surface area contributed by atoms with Crippen molar-refractivity contribution < 1.29 is 8.99 Å². The first kappa shape index (κ1) is 28.0. The highest BCUT2D eigenvalue weighted by atomic mass is 31.2. The molecule has 7 nitrogen and oxygen atoms in total. The summed E-state index contributed by atoms with van der Waals surface area (Å²) in [5.41, 5.74) is 4.53. The summed E-state index contributed by atoms with van der Waals surface area (Å²) in [6.45, 7) is 18.2. The third kappa shape index (κ3) is 5.56. The maximum atomic E-state index is 12.8. The minimum absolute atomic E-state index is 0.115. The van der Waals surface area contributed by atoms with Crippen LogP contribution in [0.5, 0.6) is 0 Å². The lowest BCUT2D eigenvalue weighted by Crippen LogP contribution is -2.45. The Bertz CT molecular complexity index is 1450. The second-order valence-corrected chi connectivity index (χ2v) is 20.3. The number of nitriles is 1. The van der Waals surface area contributed by atoms with Crippen LogP contribution >= 0.6 is 7.14 Å². The number of hydrogen-bond acceptors (Lipinski definition) is 7. The van der Waals surface area contributed by atoms with Crippen molar-refractivity contribution in [3.8, 4) is 17.3 Å². The summed E-state index contributed by atoms with van der Waals surface area (Å²) in [4.78, 5) is 9.16. The van der Waals surface area contributed by atoms with Crippen molar-refractivity contribution in [2.24, 2.45) is 0 Å². The zero-order chi connectivity index (χ0) is 27.9. The number of rotatable bonds is 7. The number of benzene rings is 2. The summed E-state index contributed by atoms with van der Waals surface area (Å²) in [6.07, 6.45) is 1.70. The van der Waals surface area contributed by atoms with E-state index < -0.39 is 15.5 Å². The molecule has 1 aliphatic rings. The van der Waals surface area contributed by atoms with Crippen LogP contribution in [0.25, 0.3) is 11.3 Å². The predicted molar refractivity (Wildman–Crippen MR) is 160 cm³/mol. The van der Waals surface area contributed by atoms with Gasteiger partial charge in [-0.2, -0.15) is 5.26 Å². The Morgan fingerprint density at radius 1 is 1.21 bits per heavy atom. The van der Waals surface area contributed by atoms with Gasteiger partial charge in [0.05, 0.1) is 22.6 Å². The fourth-order valence-corrected chi connectivity index (χ4v) is 6.63. The Morgan fingerprint density at radius 3 is 2.58 bits per heavy atom. The number of para-hydroxylation sites is 1. The van der Waals surface area contributed by atoms with Crippen molar-refractivity contribution in [2.45, 2.75) is 51.2 Å². The summed E-state index contributed by atoms with van der Waals surface area (Å²) in [7, 11) is -4.44. The first-order chi connectivity index (χ1) is 17.6. The van der Waals surface area contributed by atoms with E-state index in [1.54, 1.807) is 19.5 Å². The highest BCUT2D eigenvalue weighted by Gasteiger charge is 2.42. The van der Waals surface area contributed by atoms with Crippen LogP contribution in [0.3, 0.4) is 0 Å². The number of hydrogen-bond donors (Lipinski definition) is 2. The highest BCUT2D eigenvalue weighted by Crippen LogP contribution is 2.44. The van der Waals surface area contributed by atoms with Gasteiger partial charge in [0.1, 0.15) is 13.2 Å². The second kappa shape index (κ2) is 9.96. The summed E-state index contributed by atoms with van der Waals surface area (Å²) in [5, 5.41) is 17.6. The molecule has 0 amide bonds. The SMILES string of the molecule is CC(C)(C)[Si](C)(C)OC[C@@]1(C)CNc2c(C#N)cc(-c3ccnc(Nc4ccccc4P(C)(C)=O)n3)cc21. The molecular weight excluding hydrogens is 509 g/mol. The van der Waals surface area contributed by atoms with Crippen LogP contribution in [-0.2, 0) is 14.4 Å². The van der Waals surface area contributed by atoms with Gasteiger partial charge in [0.2, 0.25) is 5.95 Å². The fourth-order valence-electron chi connectivity index (χ4n) is 4.36. The van der Waals surface area contributed by atoms with Gasteiger partial charge < -0.3 is 19.6 Å². The van der Waals surface area contributed by atoms with E-state index in [0.717, 1.165) is 27.8 Å². The lowest BCUT2D eigenvalue weighted by atomic mass is 9.83.